The topological polar surface area (TPSA) is 64.0 Å². The average molecular weight is 320 g/mol. The molecule has 0 aliphatic rings. The van der Waals surface area contributed by atoms with E-state index in [1.165, 1.54) is 17.0 Å². The molecule has 1 N–H and O–H groups in total. The molecular weight excluding hydrogens is 302 g/mol. The number of benzene rings is 1. The fourth-order valence-electron chi connectivity index (χ4n) is 1.99. The third kappa shape index (κ3) is 4.70. The molecule has 0 bridgehead atoms. The summed E-state index contributed by atoms with van der Waals surface area (Å²) in [6.45, 7) is 2.74. The molecule has 0 saturated carbocycles. The van der Waals surface area contributed by atoms with Gasteiger partial charge in [0.15, 0.2) is 0 Å². The van der Waals surface area contributed by atoms with Crippen LogP contribution in [-0.4, -0.2) is 22.0 Å². The van der Waals surface area contributed by atoms with Crippen LogP contribution in [0.3, 0.4) is 0 Å². The molecule has 0 aliphatic heterocycles. The highest BCUT2D eigenvalue weighted by molar-refractivity contribution is 6.30. The second-order valence-corrected chi connectivity index (χ2v) is 5.36. The minimum absolute atomic E-state index is 0.0893. The molecule has 1 amide bonds. The lowest BCUT2D eigenvalue weighted by molar-refractivity contribution is -0.120. The number of halogens is 1. The first-order chi connectivity index (χ1) is 10.6. The SMILES string of the molecule is CCc1cc(=O)n(CCNC(=O)Cc2ccc(Cl)cc2)cn1. The number of rotatable bonds is 6. The lowest BCUT2D eigenvalue weighted by Crippen LogP contribution is -2.31. The molecule has 22 heavy (non-hydrogen) atoms. The van der Waals surface area contributed by atoms with E-state index in [4.69, 9.17) is 11.6 Å². The number of hydrogen-bond acceptors (Lipinski definition) is 3. The Kier molecular flexibility index (Phi) is 5.72. The molecule has 0 saturated heterocycles. The molecule has 5 nitrogen and oxygen atoms in total. The number of amides is 1. The maximum absolute atomic E-state index is 11.8. The van der Waals surface area contributed by atoms with Crippen molar-refractivity contribution < 1.29 is 4.79 Å². The number of nitrogens with zero attached hydrogens (tertiary/aromatic N) is 2. The van der Waals surface area contributed by atoms with E-state index in [9.17, 15) is 9.59 Å². The van der Waals surface area contributed by atoms with E-state index in [0.717, 1.165) is 17.7 Å². The molecule has 0 aliphatic carbocycles. The highest BCUT2D eigenvalue weighted by atomic mass is 35.5. The average Bonchev–Trinajstić information content (AvgIpc) is 2.51. The number of aryl methyl sites for hydroxylation is 1. The second kappa shape index (κ2) is 7.75. The van der Waals surface area contributed by atoms with Crippen molar-refractivity contribution in [3.8, 4) is 0 Å². The van der Waals surface area contributed by atoms with Crippen molar-refractivity contribution >= 4 is 17.5 Å². The maximum Gasteiger partial charge on any atom is 0.253 e. The van der Waals surface area contributed by atoms with Gasteiger partial charge in [0.2, 0.25) is 5.91 Å². The van der Waals surface area contributed by atoms with Gasteiger partial charge in [-0.05, 0) is 24.1 Å². The quantitative estimate of drug-likeness (QED) is 0.883. The van der Waals surface area contributed by atoms with Crippen molar-refractivity contribution in [2.75, 3.05) is 6.54 Å². The third-order valence-electron chi connectivity index (χ3n) is 3.25. The molecular formula is C16H18ClN3O2. The van der Waals surface area contributed by atoms with Crippen molar-refractivity contribution in [3.63, 3.8) is 0 Å². The molecule has 0 spiro atoms. The fourth-order valence-corrected chi connectivity index (χ4v) is 2.12. The largest absolute Gasteiger partial charge is 0.354 e. The summed E-state index contributed by atoms with van der Waals surface area (Å²) >= 11 is 5.80. The Morgan fingerprint density at radius 1 is 1.32 bits per heavy atom. The Bertz CT molecular complexity index is 695. The number of carbonyl (C=O) groups is 1. The molecule has 2 rings (SSSR count). The molecule has 1 heterocycles. The number of aromatic nitrogens is 2. The minimum atomic E-state index is -0.0983. The first kappa shape index (κ1) is 16.2. The summed E-state index contributed by atoms with van der Waals surface area (Å²) in [6, 6.07) is 8.67. The summed E-state index contributed by atoms with van der Waals surface area (Å²) in [4.78, 5) is 27.8. The van der Waals surface area contributed by atoms with Crippen molar-refractivity contribution in [2.45, 2.75) is 26.3 Å². The zero-order valence-electron chi connectivity index (χ0n) is 12.4. The molecule has 6 heteroatoms. The molecule has 1 aromatic carbocycles. The second-order valence-electron chi connectivity index (χ2n) is 4.92. The van der Waals surface area contributed by atoms with Crippen LogP contribution in [0.25, 0.3) is 0 Å². The van der Waals surface area contributed by atoms with Gasteiger partial charge in [0, 0.05) is 29.9 Å². The van der Waals surface area contributed by atoms with Gasteiger partial charge in [-0.25, -0.2) is 4.98 Å². The van der Waals surface area contributed by atoms with E-state index in [2.05, 4.69) is 10.3 Å². The Morgan fingerprint density at radius 3 is 2.68 bits per heavy atom. The standard InChI is InChI=1S/C16H18ClN3O2/c1-2-14-10-16(22)20(11-19-14)8-7-18-15(21)9-12-3-5-13(17)6-4-12/h3-6,10-11H,2,7-9H2,1H3,(H,18,21). The number of nitrogens with one attached hydrogen (secondary N) is 1. The van der Waals surface area contributed by atoms with Crippen molar-refractivity contribution in [3.05, 3.63) is 63.3 Å². The van der Waals surface area contributed by atoms with Gasteiger partial charge in [-0.15, -0.1) is 0 Å². The summed E-state index contributed by atoms with van der Waals surface area (Å²) in [7, 11) is 0. The Labute approximate surface area is 134 Å². The van der Waals surface area contributed by atoms with Gasteiger partial charge in [0.1, 0.15) is 0 Å². The molecule has 116 valence electrons. The van der Waals surface area contributed by atoms with Gasteiger partial charge < -0.3 is 5.32 Å². The molecule has 0 fully saturated rings. The Hall–Kier alpha value is -2.14. The van der Waals surface area contributed by atoms with Crippen molar-refractivity contribution in [2.24, 2.45) is 0 Å². The molecule has 0 radical (unpaired) electrons. The van der Waals surface area contributed by atoms with Gasteiger partial charge in [0.05, 0.1) is 12.7 Å². The summed E-state index contributed by atoms with van der Waals surface area (Å²) in [6.07, 6.45) is 2.54. The summed E-state index contributed by atoms with van der Waals surface area (Å²) in [5.41, 5.74) is 1.57. The first-order valence-electron chi connectivity index (χ1n) is 7.15. The van der Waals surface area contributed by atoms with E-state index in [0.29, 0.717) is 24.5 Å². The van der Waals surface area contributed by atoms with E-state index < -0.39 is 0 Å². The monoisotopic (exact) mass is 319 g/mol. The highest BCUT2D eigenvalue weighted by Crippen LogP contribution is 2.09. The first-order valence-corrected chi connectivity index (χ1v) is 7.53. The molecule has 2 aromatic rings. The third-order valence-corrected chi connectivity index (χ3v) is 3.50. The van der Waals surface area contributed by atoms with E-state index >= 15 is 0 Å². The minimum Gasteiger partial charge on any atom is -0.354 e. The van der Waals surface area contributed by atoms with Gasteiger partial charge in [0.25, 0.3) is 5.56 Å². The molecule has 1 aromatic heterocycles. The molecule has 0 atom stereocenters. The van der Waals surface area contributed by atoms with E-state index in [1.807, 2.05) is 19.1 Å². The van der Waals surface area contributed by atoms with Crippen molar-refractivity contribution in [1.82, 2.24) is 14.9 Å². The van der Waals surface area contributed by atoms with Crippen LogP contribution in [0.5, 0.6) is 0 Å². The van der Waals surface area contributed by atoms with E-state index in [-0.39, 0.29) is 11.5 Å². The lowest BCUT2D eigenvalue weighted by Gasteiger charge is -2.08. The van der Waals surface area contributed by atoms with Crippen LogP contribution in [0.15, 0.2) is 41.5 Å². The molecule has 0 unspecified atom stereocenters. The predicted octanol–water partition coefficient (Wildman–Crippen LogP) is 1.82. The van der Waals surface area contributed by atoms with Gasteiger partial charge in [-0.3, -0.25) is 14.2 Å². The van der Waals surface area contributed by atoms with Crippen molar-refractivity contribution in [1.29, 1.82) is 0 Å². The van der Waals surface area contributed by atoms with E-state index in [1.54, 1.807) is 12.1 Å². The predicted molar refractivity (Wildman–Crippen MR) is 86.0 cm³/mol. The summed E-state index contributed by atoms with van der Waals surface area (Å²) in [5.74, 6) is -0.0893. The zero-order valence-corrected chi connectivity index (χ0v) is 13.1. The Morgan fingerprint density at radius 2 is 2.05 bits per heavy atom. The zero-order chi connectivity index (χ0) is 15.9. The number of carbonyl (C=O) groups excluding carboxylic acids is 1. The van der Waals surface area contributed by atoms with Gasteiger partial charge in [-0.2, -0.15) is 0 Å². The van der Waals surface area contributed by atoms with Crippen LogP contribution < -0.4 is 10.9 Å². The fraction of sp³-hybridized carbons (Fsp3) is 0.312. The van der Waals surface area contributed by atoms with Gasteiger partial charge >= 0.3 is 0 Å². The van der Waals surface area contributed by atoms with Gasteiger partial charge in [-0.1, -0.05) is 30.7 Å². The van der Waals surface area contributed by atoms with Crippen LogP contribution in [0, 0.1) is 0 Å². The van der Waals surface area contributed by atoms with Crippen LogP contribution in [-0.2, 0) is 24.2 Å². The Balaban J connectivity index is 1.82. The highest BCUT2D eigenvalue weighted by Gasteiger charge is 2.04. The summed E-state index contributed by atoms with van der Waals surface area (Å²) < 4.78 is 1.49. The van der Waals surface area contributed by atoms with Crippen LogP contribution in [0.1, 0.15) is 18.2 Å². The van der Waals surface area contributed by atoms with Crippen LogP contribution in [0.4, 0.5) is 0 Å². The maximum atomic E-state index is 11.8. The lowest BCUT2D eigenvalue weighted by atomic mass is 10.1. The normalized spacial score (nSPS) is 10.5. The number of hydrogen-bond donors (Lipinski definition) is 1. The van der Waals surface area contributed by atoms with Crippen LogP contribution in [0.2, 0.25) is 5.02 Å². The van der Waals surface area contributed by atoms with Crippen LogP contribution >= 0.6 is 11.6 Å². The summed E-state index contributed by atoms with van der Waals surface area (Å²) in [5, 5.41) is 3.44. The smallest absolute Gasteiger partial charge is 0.253 e.